The molecular weight excluding hydrogens is 196 g/mol. The first-order valence-corrected chi connectivity index (χ1v) is 6.65. The molecule has 0 radical (unpaired) electrons. The number of aromatic carboxylic acids is 1. The Bertz CT molecular complexity index is 374. The van der Waals surface area contributed by atoms with E-state index in [1.54, 1.807) is 17.8 Å². The topological polar surface area (TPSA) is 57.5 Å². The van der Waals surface area contributed by atoms with Crippen molar-refractivity contribution >= 4 is 20.0 Å². The summed E-state index contributed by atoms with van der Waals surface area (Å²) in [7, 11) is -1.40. The van der Waals surface area contributed by atoms with Crippen LogP contribution < -0.4 is 5.19 Å². The molecule has 0 saturated heterocycles. The predicted molar refractivity (Wildman–Crippen MR) is 57.9 cm³/mol. The molecule has 0 bridgehead atoms. The van der Waals surface area contributed by atoms with E-state index in [9.17, 15) is 9.90 Å². The van der Waals surface area contributed by atoms with Crippen LogP contribution in [0.3, 0.4) is 0 Å². The second-order valence-electron chi connectivity index (χ2n) is 3.07. The van der Waals surface area contributed by atoms with Crippen molar-refractivity contribution in [3.8, 4) is 5.75 Å². The maximum Gasteiger partial charge on any atom is 0.339 e. The molecule has 1 rings (SSSR count). The summed E-state index contributed by atoms with van der Waals surface area (Å²) in [6.45, 7) is 5.64. The van der Waals surface area contributed by atoms with E-state index in [1.165, 1.54) is 6.07 Å². The number of hydrogen-bond acceptors (Lipinski definition) is 2. The fourth-order valence-corrected chi connectivity index (χ4v) is 2.48. The number of hydrogen-bond donors (Lipinski definition) is 2. The van der Waals surface area contributed by atoms with Crippen molar-refractivity contribution in [2.24, 2.45) is 0 Å². The van der Waals surface area contributed by atoms with E-state index in [-0.39, 0.29) is 11.3 Å². The molecule has 3 nitrogen and oxygen atoms in total. The first-order chi connectivity index (χ1) is 6.57. The predicted octanol–water partition coefficient (Wildman–Crippen LogP) is 0.879. The standard InChI is InChI=1S/C10H12O3Si/c1-3-14(2)8-6-4-5-7(9(8)11)10(12)13/h3-6,11,14H,1H2,2H3,(H,12,13). The van der Waals surface area contributed by atoms with Crippen LogP contribution in [-0.4, -0.2) is 25.0 Å². The first-order valence-electron chi connectivity index (χ1n) is 4.25. The van der Waals surface area contributed by atoms with Gasteiger partial charge in [0.1, 0.15) is 11.3 Å². The highest BCUT2D eigenvalue weighted by Crippen LogP contribution is 2.14. The van der Waals surface area contributed by atoms with Crippen LogP contribution in [0, 0.1) is 0 Å². The van der Waals surface area contributed by atoms with Gasteiger partial charge in [-0.15, -0.1) is 12.3 Å². The number of phenols is 1. The molecule has 74 valence electrons. The van der Waals surface area contributed by atoms with Crippen LogP contribution in [0.5, 0.6) is 5.75 Å². The Morgan fingerprint density at radius 1 is 1.57 bits per heavy atom. The van der Waals surface area contributed by atoms with Crippen molar-refractivity contribution in [2.75, 3.05) is 0 Å². The third-order valence-corrected chi connectivity index (χ3v) is 4.30. The maximum atomic E-state index is 10.7. The van der Waals surface area contributed by atoms with E-state index >= 15 is 0 Å². The number of rotatable bonds is 3. The zero-order valence-electron chi connectivity index (χ0n) is 7.90. The van der Waals surface area contributed by atoms with Crippen molar-refractivity contribution in [1.29, 1.82) is 0 Å². The van der Waals surface area contributed by atoms with E-state index in [1.807, 2.05) is 6.55 Å². The van der Waals surface area contributed by atoms with Crippen molar-refractivity contribution in [3.63, 3.8) is 0 Å². The molecule has 0 aromatic heterocycles. The van der Waals surface area contributed by atoms with Crippen molar-refractivity contribution in [1.82, 2.24) is 0 Å². The highest BCUT2D eigenvalue weighted by atomic mass is 28.3. The number of para-hydroxylation sites is 1. The van der Waals surface area contributed by atoms with Crippen molar-refractivity contribution < 1.29 is 15.0 Å². The Morgan fingerprint density at radius 2 is 2.21 bits per heavy atom. The van der Waals surface area contributed by atoms with Crippen LogP contribution in [0.2, 0.25) is 6.55 Å². The summed E-state index contributed by atoms with van der Waals surface area (Å²) in [5.74, 6) is -1.21. The molecule has 1 unspecified atom stereocenters. The van der Waals surface area contributed by atoms with Gasteiger partial charge in [0.15, 0.2) is 0 Å². The van der Waals surface area contributed by atoms with Crippen LogP contribution in [0.25, 0.3) is 0 Å². The van der Waals surface area contributed by atoms with E-state index in [0.717, 1.165) is 5.19 Å². The normalized spacial score (nSPS) is 12.1. The maximum absolute atomic E-state index is 10.7. The molecule has 1 atom stereocenters. The zero-order chi connectivity index (χ0) is 10.7. The number of aromatic hydroxyl groups is 1. The third kappa shape index (κ3) is 1.85. The van der Waals surface area contributed by atoms with Gasteiger partial charge < -0.3 is 10.2 Å². The third-order valence-electron chi connectivity index (χ3n) is 2.14. The van der Waals surface area contributed by atoms with Gasteiger partial charge in [-0.05, 0) is 11.3 Å². The fourth-order valence-electron chi connectivity index (χ4n) is 1.23. The Hall–Kier alpha value is -1.55. The van der Waals surface area contributed by atoms with E-state index in [4.69, 9.17) is 5.11 Å². The average molecular weight is 208 g/mol. The molecule has 0 aliphatic rings. The molecule has 0 saturated carbocycles. The number of carboxylic acid groups (broad SMARTS) is 1. The summed E-state index contributed by atoms with van der Waals surface area (Å²) in [6.07, 6.45) is 0. The van der Waals surface area contributed by atoms with Crippen LogP contribution in [0.1, 0.15) is 10.4 Å². The molecule has 4 heteroatoms. The van der Waals surface area contributed by atoms with Crippen molar-refractivity contribution in [3.05, 3.63) is 36.0 Å². The largest absolute Gasteiger partial charge is 0.507 e. The molecule has 0 spiro atoms. The lowest BCUT2D eigenvalue weighted by Gasteiger charge is -2.09. The van der Waals surface area contributed by atoms with Gasteiger partial charge in [0.05, 0.1) is 8.80 Å². The van der Waals surface area contributed by atoms with Gasteiger partial charge in [0, 0.05) is 0 Å². The molecule has 0 heterocycles. The van der Waals surface area contributed by atoms with Gasteiger partial charge in [-0.1, -0.05) is 18.7 Å². The van der Waals surface area contributed by atoms with Crippen LogP contribution >= 0.6 is 0 Å². The molecule has 2 N–H and O–H groups in total. The molecule has 0 fully saturated rings. The van der Waals surface area contributed by atoms with E-state index < -0.39 is 14.8 Å². The minimum absolute atomic E-state index is 0.0382. The lowest BCUT2D eigenvalue weighted by Crippen LogP contribution is -2.25. The lowest BCUT2D eigenvalue weighted by atomic mass is 10.2. The lowest BCUT2D eigenvalue weighted by molar-refractivity contribution is 0.0694. The quantitative estimate of drug-likeness (QED) is 0.725. The highest BCUT2D eigenvalue weighted by molar-refractivity contribution is 6.77. The highest BCUT2D eigenvalue weighted by Gasteiger charge is 2.15. The SMILES string of the molecule is C=C[SiH](C)c1cccc(C(=O)O)c1O. The summed E-state index contributed by atoms with van der Waals surface area (Å²) in [6, 6.07) is 4.79. The Kier molecular flexibility index (Phi) is 3.09. The smallest absolute Gasteiger partial charge is 0.339 e. The summed E-state index contributed by atoms with van der Waals surface area (Å²) in [5, 5.41) is 19.2. The minimum atomic E-state index is -1.40. The van der Waals surface area contributed by atoms with Gasteiger partial charge in [0.2, 0.25) is 0 Å². The van der Waals surface area contributed by atoms with E-state index in [2.05, 4.69) is 6.58 Å². The van der Waals surface area contributed by atoms with Gasteiger partial charge in [-0.3, -0.25) is 0 Å². The van der Waals surface area contributed by atoms with Crippen LogP contribution in [-0.2, 0) is 0 Å². The summed E-state index contributed by atoms with van der Waals surface area (Å²) >= 11 is 0. The van der Waals surface area contributed by atoms with Crippen LogP contribution in [0.4, 0.5) is 0 Å². The van der Waals surface area contributed by atoms with Gasteiger partial charge in [-0.2, -0.15) is 0 Å². The van der Waals surface area contributed by atoms with Crippen molar-refractivity contribution in [2.45, 2.75) is 6.55 Å². The molecule has 0 amide bonds. The number of carbonyl (C=O) groups is 1. The zero-order valence-corrected chi connectivity index (χ0v) is 9.05. The fraction of sp³-hybridized carbons (Fsp3) is 0.100. The van der Waals surface area contributed by atoms with Crippen LogP contribution in [0.15, 0.2) is 30.5 Å². The number of carboxylic acids is 1. The molecule has 1 aromatic rings. The second-order valence-corrected chi connectivity index (χ2v) is 5.74. The molecule has 1 aromatic carbocycles. The molecule has 14 heavy (non-hydrogen) atoms. The monoisotopic (exact) mass is 208 g/mol. The Balaban J connectivity index is 3.26. The Morgan fingerprint density at radius 3 is 2.71 bits per heavy atom. The summed E-state index contributed by atoms with van der Waals surface area (Å²) in [5.41, 5.74) is 1.75. The Labute approximate surface area is 83.9 Å². The van der Waals surface area contributed by atoms with Gasteiger partial charge >= 0.3 is 5.97 Å². The second kappa shape index (κ2) is 4.10. The van der Waals surface area contributed by atoms with Gasteiger partial charge in [0.25, 0.3) is 0 Å². The summed E-state index contributed by atoms with van der Waals surface area (Å²) in [4.78, 5) is 10.7. The molecular formula is C10H12O3Si. The number of benzene rings is 1. The molecule has 0 aliphatic heterocycles. The molecule has 0 aliphatic carbocycles. The average Bonchev–Trinajstić information content (AvgIpc) is 2.16. The van der Waals surface area contributed by atoms with Gasteiger partial charge in [-0.25, -0.2) is 4.79 Å². The van der Waals surface area contributed by atoms with E-state index in [0.29, 0.717) is 0 Å². The summed E-state index contributed by atoms with van der Waals surface area (Å²) < 4.78 is 0. The first kappa shape index (κ1) is 10.5. The minimum Gasteiger partial charge on any atom is -0.507 e.